The molecule has 1 saturated heterocycles. The van der Waals surface area contributed by atoms with Gasteiger partial charge in [-0.05, 0) is 19.1 Å². The summed E-state index contributed by atoms with van der Waals surface area (Å²) in [5.74, 6) is 0.291. The average Bonchev–Trinajstić information content (AvgIpc) is 2.39. The SMILES string of the molecule is Cc1cc(C(N)=O)cc(NCCN2CCNCC2)n1. The molecule has 1 fully saturated rings. The van der Waals surface area contributed by atoms with E-state index < -0.39 is 5.91 Å². The van der Waals surface area contributed by atoms with E-state index in [0.717, 1.165) is 45.0 Å². The summed E-state index contributed by atoms with van der Waals surface area (Å²) in [7, 11) is 0. The van der Waals surface area contributed by atoms with Gasteiger partial charge in [0.2, 0.25) is 5.91 Å². The van der Waals surface area contributed by atoms with E-state index in [1.165, 1.54) is 0 Å². The Labute approximate surface area is 113 Å². The van der Waals surface area contributed by atoms with Crippen LogP contribution < -0.4 is 16.4 Å². The van der Waals surface area contributed by atoms with Crippen molar-refractivity contribution in [1.82, 2.24) is 15.2 Å². The lowest BCUT2D eigenvalue weighted by Gasteiger charge is -2.27. The highest BCUT2D eigenvalue weighted by molar-refractivity contribution is 5.93. The molecule has 0 aliphatic carbocycles. The molecule has 1 aromatic rings. The quantitative estimate of drug-likeness (QED) is 0.685. The number of piperazine rings is 1. The third-order valence-corrected chi connectivity index (χ3v) is 3.18. The second-order valence-electron chi connectivity index (χ2n) is 4.77. The molecule has 0 radical (unpaired) electrons. The zero-order valence-electron chi connectivity index (χ0n) is 11.3. The third kappa shape index (κ3) is 4.18. The number of hydrogen-bond donors (Lipinski definition) is 3. The zero-order chi connectivity index (χ0) is 13.7. The molecule has 4 N–H and O–H groups in total. The molecule has 1 aliphatic heterocycles. The van der Waals surface area contributed by atoms with Gasteiger partial charge in [-0.1, -0.05) is 0 Å². The summed E-state index contributed by atoms with van der Waals surface area (Å²) in [5.41, 5.74) is 6.58. The summed E-state index contributed by atoms with van der Waals surface area (Å²) < 4.78 is 0. The van der Waals surface area contributed by atoms with Crippen LogP contribution in [0.15, 0.2) is 12.1 Å². The van der Waals surface area contributed by atoms with Gasteiger partial charge in [0.25, 0.3) is 0 Å². The standard InChI is InChI=1S/C13H21N5O/c1-10-8-11(13(14)19)9-12(17-10)16-4-7-18-5-2-15-3-6-18/h8-9,15H,2-7H2,1H3,(H2,14,19)(H,16,17). The number of primary amides is 1. The van der Waals surface area contributed by atoms with E-state index in [9.17, 15) is 4.79 Å². The molecule has 2 heterocycles. The molecule has 19 heavy (non-hydrogen) atoms. The fourth-order valence-corrected chi connectivity index (χ4v) is 2.18. The minimum absolute atomic E-state index is 0.421. The molecule has 0 unspecified atom stereocenters. The first kappa shape index (κ1) is 13.8. The van der Waals surface area contributed by atoms with Crippen LogP contribution in [0.25, 0.3) is 0 Å². The van der Waals surface area contributed by atoms with E-state index in [2.05, 4.69) is 20.5 Å². The molecule has 0 bridgehead atoms. The van der Waals surface area contributed by atoms with Crippen molar-refractivity contribution < 1.29 is 4.79 Å². The maximum atomic E-state index is 11.2. The van der Waals surface area contributed by atoms with Gasteiger partial charge in [0, 0.05) is 50.5 Å². The fourth-order valence-electron chi connectivity index (χ4n) is 2.18. The number of pyridine rings is 1. The van der Waals surface area contributed by atoms with Crippen molar-refractivity contribution in [2.24, 2.45) is 5.73 Å². The summed E-state index contributed by atoms with van der Waals surface area (Å²) in [6.07, 6.45) is 0. The first-order valence-corrected chi connectivity index (χ1v) is 6.60. The third-order valence-electron chi connectivity index (χ3n) is 3.18. The van der Waals surface area contributed by atoms with Gasteiger partial charge in [-0.25, -0.2) is 4.98 Å². The Bertz CT molecular complexity index is 443. The molecule has 104 valence electrons. The fraction of sp³-hybridized carbons (Fsp3) is 0.538. The lowest BCUT2D eigenvalue weighted by molar-refractivity contribution is 0.1000. The number of nitrogens with zero attached hydrogens (tertiary/aromatic N) is 2. The highest BCUT2D eigenvalue weighted by atomic mass is 16.1. The van der Waals surface area contributed by atoms with Crippen LogP contribution in [0.3, 0.4) is 0 Å². The highest BCUT2D eigenvalue weighted by Gasteiger charge is 2.09. The van der Waals surface area contributed by atoms with E-state index >= 15 is 0 Å². The lowest BCUT2D eigenvalue weighted by Crippen LogP contribution is -2.45. The molecule has 0 atom stereocenters. The Balaban J connectivity index is 1.86. The van der Waals surface area contributed by atoms with Gasteiger partial charge in [0.05, 0.1) is 0 Å². The Morgan fingerprint density at radius 3 is 2.89 bits per heavy atom. The number of aromatic nitrogens is 1. The van der Waals surface area contributed by atoms with Gasteiger partial charge in [0.15, 0.2) is 0 Å². The van der Waals surface area contributed by atoms with Crippen molar-refractivity contribution in [3.8, 4) is 0 Å². The van der Waals surface area contributed by atoms with Crippen molar-refractivity contribution in [2.45, 2.75) is 6.92 Å². The van der Waals surface area contributed by atoms with E-state index in [-0.39, 0.29) is 0 Å². The van der Waals surface area contributed by atoms with Crippen LogP contribution in [-0.4, -0.2) is 55.1 Å². The average molecular weight is 263 g/mol. The van der Waals surface area contributed by atoms with Gasteiger partial charge >= 0.3 is 0 Å². The van der Waals surface area contributed by atoms with Crippen LogP contribution in [-0.2, 0) is 0 Å². The molecule has 1 aliphatic rings. The van der Waals surface area contributed by atoms with E-state index in [4.69, 9.17) is 5.73 Å². The van der Waals surface area contributed by atoms with Crippen molar-refractivity contribution in [1.29, 1.82) is 0 Å². The smallest absolute Gasteiger partial charge is 0.248 e. The monoisotopic (exact) mass is 263 g/mol. The maximum Gasteiger partial charge on any atom is 0.248 e. The predicted octanol–water partition coefficient (Wildman–Crippen LogP) is -0.194. The normalized spacial score (nSPS) is 16.3. The van der Waals surface area contributed by atoms with Crippen LogP contribution in [0, 0.1) is 6.92 Å². The van der Waals surface area contributed by atoms with Crippen LogP contribution in [0.4, 0.5) is 5.82 Å². The zero-order valence-corrected chi connectivity index (χ0v) is 11.3. The molecule has 6 nitrogen and oxygen atoms in total. The van der Waals surface area contributed by atoms with Crippen molar-refractivity contribution in [3.63, 3.8) is 0 Å². The Morgan fingerprint density at radius 2 is 2.21 bits per heavy atom. The molecular formula is C13H21N5O. The second kappa shape index (κ2) is 6.49. The molecule has 1 aromatic heterocycles. The minimum Gasteiger partial charge on any atom is -0.369 e. The highest BCUT2D eigenvalue weighted by Crippen LogP contribution is 2.09. The summed E-state index contributed by atoms with van der Waals surface area (Å²) >= 11 is 0. The van der Waals surface area contributed by atoms with Crippen LogP contribution in [0.2, 0.25) is 0 Å². The van der Waals surface area contributed by atoms with E-state index in [0.29, 0.717) is 11.4 Å². The Kier molecular flexibility index (Phi) is 4.70. The Hall–Kier alpha value is -1.66. The van der Waals surface area contributed by atoms with Crippen LogP contribution in [0.5, 0.6) is 0 Å². The van der Waals surface area contributed by atoms with Gasteiger partial charge in [0.1, 0.15) is 5.82 Å². The number of carbonyl (C=O) groups is 1. The minimum atomic E-state index is -0.421. The van der Waals surface area contributed by atoms with Crippen molar-refractivity contribution in [3.05, 3.63) is 23.4 Å². The van der Waals surface area contributed by atoms with Gasteiger partial charge < -0.3 is 16.4 Å². The van der Waals surface area contributed by atoms with Crippen molar-refractivity contribution >= 4 is 11.7 Å². The molecule has 0 spiro atoms. The molecule has 0 aromatic carbocycles. The second-order valence-corrected chi connectivity index (χ2v) is 4.77. The number of amides is 1. The van der Waals surface area contributed by atoms with E-state index in [1.807, 2.05) is 6.92 Å². The van der Waals surface area contributed by atoms with Crippen LogP contribution >= 0.6 is 0 Å². The lowest BCUT2D eigenvalue weighted by atomic mass is 10.2. The van der Waals surface area contributed by atoms with Gasteiger partial charge in [-0.2, -0.15) is 0 Å². The molecule has 0 saturated carbocycles. The molecule has 6 heteroatoms. The van der Waals surface area contributed by atoms with Gasteiger partial charge in [-0.3, -0.25) is 9.69 Å². The summed E-state index contributed by atoms with van der Waals surface area (Å²) in [6.45, 7) is 7.90. The molecular weight excluding hydrogens is 242 g/mol. The number of nitrogens with one attached hydrogen (secondary N) is 2. The number of hydrogen-bond acceptors (Lipinski definition) is 5. The first-order valence-electron chi connectivity index (χ1n) is 6.60. The van der Waals surface area contributed by atoms with E-state index in [1.54, 1.807) is 12.1 Å². The number of nitrogens with two attached hydrogens (primary N) is 1. The number of carbonyl (C=O) groups excluding carboxylic acids is 1. The predicted molar refractivity (Wildman–Crippen MR) is 75.3 cm³/mol. The van der Waals surface area contributed by atoms with Crippen LogP contribution in [0.1, 0.15) is 16.1 Å². The topological polar surface area (TPSA) is 83.3 Å². The first-order chi connectivity index (χ1) is 9.15. The maximum absolute atomic E-state index is 11.2. The number of rotatable bonds is 5. The molecule has 2 rings (SSSR count). The summed E-state index contributed by atoms with van der Waals surface area (Å²) in [4.78, 5) is 17.9. The number of anilines is 1. The summed E-state index contributed by atoms with van der Waals surface area (Å²) in [6, 6.07) is 3.40. The van der Waals surface area contributed by atoms with Gasteiger partial charge in [-0.15, -0.1) is 0 Å². The molecule has 1 amide bonds. The number of aryl methyl sites for hydroxylation is 1. The Morgan fingerprint density at radius 1 is 1.47 bits per heavy atom. The largest absolute Gasteiger partial charge is 0.369 e. The summed E-state index contributed by atoms with van der Waals surface area (Å²) in [5, 5.41) is 6.57. The van der Waals surface area contributed by atoms with Crippen molar-refractivity contribution in [2.75, 3.05) is 44.6 Å².